The Morgan fingerprint density at radius 1 is 0.750 bits per heavy atom. The van der Waals surface area contributed by atoms with Gasteiger partial charge in [0.1, 0.15) is 17.2 Å². The number of carbonyl (C=O) groups excluding carboxylic acids is 2. The summed E-state index contributed by atoms with van der Waals surface area (Å²) in [4.78, 5) is 34.7. The van der Waals surface area contributed by atoms with Crippen molar-refractivity contribution in [3.8, 4) is 11.5 Å². The van der Waals surface area contributed by atoms with Crippen molar-refractivity contribution in [3.63, 3.8) is 0 Å². The first-order valence-electron chi connectivity index (χ1n) is 13.1. The summed E-state index contributed by atoms with van der Waals surface area (Å²) in [5, 5.41) is 16.0. The van der Waals surface area contributed by atoms with Crippen LogP contribution in [-0.4, -0.2) is 55.2 Å². The second-order valence-corrected chi connectivity index (χ2v) is 9.42. The van der Waals surface area contributed by atoms with Gasteiger partial charge in [0.25, 0.3) is 11.8 Å². The molecule has 204 valence electrons. The number of amides is 2. The average Bonchev–Trinajstić information content (AvgIpc) is 3.26. The van der Waals surface area contributed by atoms with Crippen molar-refractivity contribution in [2.75, 3.05) is 53.7 Å². The summed E-state index contributed by atoms with van der Waals surface area (Å²) in [6.45, 7) is 3.65. The maximum atomic E-state index is 13.1. The molecule has 1 saturated heterocycles. The highest BCUT2D eigenvalue weighted by molar-refractivity contribution is 6.11. The Kier molecular flexibility index (Phi) is 8.10. The zero-order valence-corrected chi connectivity index (χ0v) is 22.2. The van der Waals surface area contributed by atoms with E-state index in [0.717, 1.165) is 38.3 Å². The number of nitrogens with one attached hydrogen (secondary N) is 2. The van der Waals surface area contributed by atoms with Crippen LogP contribution >= 0.6 is 0 Å². The first-order chi connectivity index (χ1) is 19.5. The summed E-state index contributed by atoms with van der Waals surface area (Å²) >= 11 is 0. The van der Waals surface area contributed by atoms with Crippen molar-refractivity contribution in [1.82, 2.24) is 4.98 Å². The van der Waals surface area contributed by atoms with E-state index in [9.17, 15) is 14.7 Å². The molecule has 0 radical (unpaired) electrons. The number of anilines is 4. The van der Waals surface area contributed by atoms with Crippen LogP contribution in [0.1, 0.15) is 27.1 Å². The highest BCUT2D eigenvalue weighted by atomic mass is 16.5. The van der Waals surface area contributed by atoms with Crippen molar-refractivity contribution in [2.45, 2.75) is 6.42 Å². The van der Waals surface area contributed by atoms with Gasteiger partial charge >= 0.3 is 0 Å². The SMILES string of the molecule is COc1ccc(C(=O)Nc2cccc(O)c2NC(=O)c2ccc(N3CCCN(c4ccncc4)CC3)cc2)cc1. The summed E-state index contributed by atoms with van der Waals surface area (Å²) in [6.07, 6.45) is 4.65. The molecule has 0 saturated carbocycles. The Morgan fingerprint density at radius 2 is 1.32 bits per heavy atom. The van der Waals surface area contributed by atoms with Crippen molar-refractivity contribution >= 4 is 34.6 Å². The number of pyridine rings is 1. The van der Waals surface area contributed by atoms with Gasteiger partial charge < -0.3 is 30.3 Å². The van der Waals surface area contributed by atoms with Crippen LogP contribution in [0, 0.1) is 0 Å². The number of rotatable bonds is 7. The Morgan fingerprint density at radius 3 is 1.95 bits per heavy atom. The fourth-order valence-electron chi connectivity index (χ4n) is 4.71. The minimum atomic E-state index is -0.396. The normalized spacial score (nSPS) is 13.3. The van der Waals surface area contributed by atoms with E-state index < -0.39 is 5.91 Å². The number of aromatic nitrogens is 1. The van der Waals surface area contributed by atoms with Crippen LogP contribution in [0.3, 0.4) is 0 Å². The smallest absolute Gasteiger partial charge is 0.255 e. The fourth-order valence-corrected chi connectivity index (χ4v) is 4.71. The molecule has 0 spiro atoms. The lowest BCUT2D eigenvalue weighted by Crippen LogP contribution is -2.30. The molecule has 1 fully saturated rings. The first-order valence-corrected chi connectivity index (χ1v) is 13.1. The molecule has 1 aromatic heterocycles. The molecule has 0 bridgehead atoms. The minimum Gasteiger partial charge on any atom is -0.506 e. The number of benzene rings is 3. The molecular formula is C31H31N5O4. The molecule has 2 heterocycles. The molecule has 4 aromatic rings. The second kappa shape index (κ2) is 12.2. The third-order valence-electron chi connectivity index (χ3n) is 6.90. The monoisotopic (exact) mass is 537 g/mol. The number of aromatic hydroxyl groups is 1. The number of carbonyl (C=O) groups is 2. The maximum Gasteiger partial charge on any atom is 0.255 e. The zero-order chi connectivity index (χ0) is 27.9. The molecule has 9 heteroatoms. The van der Waals surface area contributed by atoms with Crippen molar-refractivity contribution in [3.05, 3.63) is 102 Å². The van der Waals surface area contributed by atoms with Crippen molar-refractivity contribution in [1.29, 1.82) is 0 Å². The van der Waals surface area contributed by atoms with E-state index in [-0.39, 0.29) is 23.0 Å². The van der Waals surface area contributed by atoms with Crippen LogP contribution in [0.5, 0.6) is 11.5 Å². The molecule has 1 aliphatic heterocycles. The molecule has 3 N–H and O–H groups in total. The van der Waals surface area contributed by atoms with Crippen LogP contribution in [0.2, 0.25) is 0 Å². The molecule has 3 aromatic carbocycles. The standard InChI is InChI=1S/C31H31N5O4/c1-40-26-12-8-23(9-13-26)30(38)33-27-4-2-5-28(37)29(27)34-31(39)22-6-10-24(11-7-22)35-18-3-19-36(21-20-35)25-14-16-32-17-15-25/h2,4-17,37H,3,18-21H2,1H3,(H,33,38)(H,34,39). The molecule has 9 nitrogen and oxygen atoms in total. The van der Waals surface area contributed by atoms with Gasteiger partial charge in [0.2, 0.25) is 0 Å². The molecule has 0 aliphatic carbocycles. The minimum absolute atomic E-state index is 0.127. The number of hydrogen-bond acceptors (Lipinski definition) is 7. The number of hydrogen-bond donors (Lipinski definition) is 3. The lowest BCUT2D eigenvalue weighted by molar-refractivity contribution is 0.101. The van der Waals surface area contributed by atoms with Gasteiger partial charge in [-0.25, -0.2) is 0 Å². The zero-order valence-electron chi connectivity index (χ0n) is 22.2. The summed E-state index contributed by atoms with van der Waals surface area (Å²) in [5.74, 6) is -0.294. The molecule has 5 rings (SSSR count). The largest absolute Gasteiger partial charge is 0.506 e. The summed E-state index contributed by atoms with van der Waals surface area (Å²) in [5.41, 5.74) is 3.48. The second-order valence-electron chi connectivity index (χ2n) is 9.42. The Bertz CT molecular complexity index is 1460. The van der Waals surface area contributed by atoms with Gasteiger partial charge in [0, 0.05) is 61.1 Å². The van der Waals surface area contributed by atoms with E-state index in [1.807, 2.05) is 36.7 Å². The third kappa shape index (κ3) is 6.15. The molecule has 0 unspecified atom stereocenters. The Balaban J connectivity index is 1.24. The first kappa shape index (κ1) is 26.6. The molecule has 0 atom stereocenters. The van der Waals surface area contributed by atoms with Crippen LogP contribution in [0.25, 0.3) is 0 Å². The van der Waals surface area contributed by atoms with E-state index in [2.05, 4.69) is 25.4 Å². The quantitative estimate of drug-likeness (QED) is 0.284. The van der Waals surface area contributed by atoms with Gasteiger partial charge in [-0.2, -0.15) is 0 Å². The van der Waals surface area contributed by atoms with Crippen molar-refractivity contribution in [2.24, 2.45) is 0 Å². The fraction of sp³-hybridized carbons (Fsp3) is 0.194. The predicted octanol–water partition coefficient (Wildman–Crippen LogP) is 5.02. The van der Waals surface area contributed by atoms with Gasteiger partial charge in [0.15, 0.2) is 0 Å². The lowest BCUT2D eigenvalue weighted by Gasteiger charge is -2.25. The van der Waals surface area contributed by atoms with Gasteiger partial charge in [-0.05, 0) is 79.2 Å². The Labute approximate surface area is 233 Å². The molecule has 40 heavy (non-hydrogen) atoms. The Hall–Kier alpha value is -5.05. The van der Waals surface area contributed by atoms with E-state index >= 15 is 0 Å². The number of phenols is 1. The predicted molar refractivity (Wildman–Crippen MR) is 157 cm³/mol. The number of para-hydroxylation sites is 1. The van der Waals surface area contributed by atoms with Crippen LogP contribution < -0.4 is 25.2 Å². The summed E-state index contributed by atoms with van der Waals surface area (Å²) in [6, 6.07) is 22.8. The van der Waals surface area contributed by atoms with E-state index in [4.69, 9.17) is 4.74 Å². The topological polar surface area (TPSA) is 107 Å². The van der Waals surface area contributed by atoms with E-state index in [1.165, 1.54) is 11.8 Å². The highest BCUT2D eigenvalue weighted by Crippen LogP contribution is 2.32. The maximum absolute atomic E-state index is 13.1. The number of ether oxygens (including phenoxy) is 1. The number of phenolic OH excluding ortho intramolecular Hbond substituents is 1. The molecule has 2 amide bonds. The summed E-state index contributed by atoms with van der Waals surface area (Å²) in [7, 11) is 1.55. The lowest BCUT2D eigenvalue weighted by atomic mass is 10.1. The van der Waals surface area contributed by atoms with Gasteiger partial charge in [-0.15, -0.1) is 0 Å². The third-order valence-corrected chi connectivity index (χ3v) is 6.90. The van der Waals surface area contributed by atoms with Crippen LogP contribution in [0.15, 0.2) is 91.3 Å². The average molecular weight is 538 g/mol. The highest BCUT2D eigenvalue weighted by Gasteiger charge is 2.18. The van der Waals surface area contributed by atoms with Crippen molar-refractivity contribution < 1.29 is 19.4 Å². The van der Waals surface area contributed by atoms with E-state index in [0.29, 0.717) is 16.9 Å². The van der Waals surface area contributed by atoms with Gasteiger partial charge in [-0.3, -0.25) is 14.6 Å². The van der Waals surface area contributed by atoms with Gasteiger partial charge in [0.05, 0.1) is 12.8 Å². The van der Waals surface area contributed by atoms with Crippen LogP contribution in [-0.2, 0) is 0 Å². The van der Waals surface area contributed by atoms with E-state index in [1.54, 1.807) is 55.6 Å². The number of nitrogens with zero attached hydrogens (tertiary/aromatic N) is 3. The summed E-state index contributed by atoms with van der Waals surface area (Å²) < 4.78 is 5.14. The molecule has 1 aliphatic rings. The molecular weight excluding hydrogens is 506 g/mol. The number of methoxy groups -OCH3 is 1. The van der Waals surface area contributed by atoms with Gasteiger partial charge in [-0.1, -0.05) is 6.07 Å². The van der Waals surface area contributed by atoms with Crippen LogP contribution in [0.4, 0.5) is 22.7 Å².